The number of hydrogen-bond donors (Lipinski definition) is 1. The fourth-order valence-electron chi connectivity index (χ4n) is 3.95. The van der Waals surface area contributed by atoms with Crippen molar-refractivity contribution in [2.24, 2.45) is 7.05 Å². The van der Waals surface area contributed by atoms with Gasteiger partial charge < -0.3 is 19.7 Å². The summed E-state index contributed by atoms with van der Waals surface area (Å²) in [7, 11) is 4.83. The van der Waals surface area contributed by atoms with Crippen LogP contribution in [-0.4, -0.2) is 42.4 Å². The number of nitrogens with zero attached hydrogens (tertiary/aromatic N) is 3. The lowest BCUT2D eigenvalue weighted by Gasteiger charge is -2.32. The lowest BCUT2D eigenvalue weighted by atomic mass is 10.0. The largest absolute Gasteiger partial charge is 0.493 e. The van der Waals surface area contributed by atoms with Crippen molar-refractivity contribution < 1.29 is 19.1 Å². The Balaban J connectivity index is 1.61. The van der Waals surface area contributed by atoms with Crippen molar-refractivity contribution in [1.82, 2.24) is 15.1 Å². The molecule has 2 aromatic carbocycles. The summed E-state index contributed by atoms with van der Waals surface area (Å²) >= 11 is 12.2. The first-order valence-electron chi connectivity index (χ1n) is 10.2. The minimum Gasteiger partial charge on any atom is -0.493 e. The standard InChI is InChI=1S/C23H22Cl2N4O4/c1-28-21-17(27-22(30)15-11-14(24)5-6-16(15)25)8-9-29(18(21)12-26-28)23(31)13-4-7-19(32-2)20(10-13)33-3/h4-7,10-12,17H,8-9H2,1-3H3,(H,27,30). The summed E-state index contributed by atoms with van der Waals surface area (Å²) in [6, 6.07) is 9.40. The molecular weight excluding hydrogens is 467 g/mol. The van der Waals surface area contributed by atoms with Gasteiger partial charge in [-0.1, -0.05) is 23.2 Å². The molecule has 0 aliphatic carbocycles. The smallest absolute Gasteiger partial charge is 0.258 e. The number of aryl methyl sites for hydroxylation is 1. The van der Waals surface area contributed by atoms with Crippen LogP contribution in [0.2, 0.25) is 10.0 Å². The highest BCUT2D eigenvalue weighted by Crippen LogP contribution is 2.36. The van der Waals surface area contributed by atoms with Gasteiger partial charge in [0.05, 0.1) is 48.4 Å². The summed E-state index contributed by atoms with van der Waals surface area (Å²) in [5, 5.41) is 8.05. The Morgan fingerprint density at radius 2 is 1.85 bits per heavy atom. The summed E-state index contributed by atoms with van der Waals surface area (Å²) in [6.07, 6.45) is 2.12. The number of fused-ring (bicyclic) bond motifs is 1. The van der Waals surface area contributed by atoms with E-state index in [1.807, 2.05) is 0 Å². The summed E-state index contributed by atoms with van der Waals surface area (Å²) in [5.74, 6) is 0.458. The SMILES string of the molecule is COc1ccc(C(=O)N2CCC(NC(=O)c3cc(Cl)ccc3Cl)c3c2cnn3C)cc1OC. The number of hydrogen-bond acceptors (Lipinski definition) is 5. The van der Waals surface area contributed by atoms with Crippen LogP contribution in [0.1, 0.15) is 38.9 Å². The predicted octanol–water partition coefficient (Wildman–Crippen LogP) is 4.27. The summed E-state index contributed by atoms with van der Waals surface area (Å²) < 4.78 is 12.2. The molecule has 172 valence electrons. The first-order valence-corrected chi connectivity index (χ1v) is 10.9. The van der Waals surface area contributed by atoms with Gasteiger partial charge in [-0.05, 0) is 42.8 Å². The van der Waals surface area contributed by atoms with E-state index in [-0.39, 0.29) is 23.4 Å². The van der Waals surface area contributed by atoms with Crippen LogP contribution in [0.15, 0.2) is 42.6 Å². The summed E-state index contributed by atoms with van der Waals surface area (Å²) in [4.78, 5) is 27.9. The van der Waals surface area contributed by atoms with Gasteiger partial charge in [-0.15, -0.1) is 0 Å². The Morgan fingerprint density at radius 3 is 2.58 bits per heavy atom. The van der Waals surface area contributed by atoms with Crippen LogP contribution in [0.25, 0.3) is 0 Å². The van der Waals surface area contributed by atoms with Crippen molar-refractivity contribution in [3.8, 4) is 11.5 Å². The zero-order chi connectivity index (χ0) is 23.7. The van der Waals surface area contributed by atoms with Crippen LogP contribution in [0, 0.1) is 0 Å². The van der Waals surface area contributed by atoms with Gasteiger partial charge >= 0.3 is 0 Å². The van der Waals surface area contributed by atoms with Crippen LogP contribution < -0.4 is 19.7 Å². The average Bonchev–Trinajstić information content (AvgIpc) is 3.21. The van der Waals surface area contributed by atoms with Gasteiger partial charge in [-0.2, -0.15) is 5.10 Å². The third kappa shape index (κ3) is 4.36. The van der Waals surface area contributed by atoms with Crippen molar-refractivity contribution in [3.63, 3.8) is 0 Å². The molecule has 1 unspecified atom stereocenters. The van der Waals surface area contributed by atoms with Crippen LogP contribution in [0.5, 0.6) is 11.5 Å². The molecule has 0 bridgehead atoms. The summed E-state index contributed by atoms with van der Waals surface area (Å²) in [5.41, 5.74) is 2.10. The number of benzene rings is 2. The quantitative estimate of drug-likeness (QED) is 0.579. The number of methoxy groups -OCH3 is 2. The molecule has 1 aromatic heterocycles. The van der Waals surface area contributed by atoms with Crippen molar-refractivity contribution >= 4 is 40.7 Å². The second-order valence-corrected chi connectivity index (χ2v) is 8.35. The van der Waals surface area contributed by atoms with Crippen molar-refractivity contribution in [1.29, 1.82) is 0 Å². The monoisotopic (exact) mass is 488 g/mol. The van der Waals surface area contributed by atoms with Crippen LogP contribution in [-0.2, 0) is 7.05 Å². The number of rotatable bonds is 5. The summed E-state index contributed by atoms with van der Waals surface area (Å²) in [6.45, 7) is 0.389. The van der Waals surface area contributed by atoms with Gasteiger partial charge in [0.15, 0.2) is 11.5 Å². The van der Waals surface area contributed by atoms with Crippen molar-refractivity contribution in [2.75, 3.05) is 25.7 Å². The van der Waals surface area contributed by atoms with Gasteiger partial charge in [0.1, 0.15) is 0 Å². The van der Waals surface area contributed by atoms with E-state index in [2.05, 4.69) is 10.4 Å². The fourth-order valence-corrected chi connectivity index (χ4v) is 4.32. The van der Waals surface area contributed by atoms with Crippen LogP contribution >= 0.6 is 23.2 Å². The number of nitrogens with one attached hydrogen (secondary N) is 1. The fraction of sp³-hybridized carbons (Fsp3) is 0.261. The highest BCUT2D eigenvalue weighted by atomic mass is 35.5. The molecule has 0 saturated carbocycles. The topological polar surface area (TPSA) is 85.7 Å². The van der Waals surface area contributed by atoms with Crippen LogP contribution in [0.4, 0.5) is 5.69 Å². The molecule has 1 N–H and O–H groups in total. The average molecular weight is 489 g/mol. The molecule has 1 aliphatic heterocycles. The Bertz CT molecular complexity index is 1230. The normalized spacial score (nSPS) is 15.1. The third-order valence-electron chi connectivity index (χ3n) is 5.58. The third-order valence-corrected chi connectivity index (χ3v) is 6.15. The molecule has 2 amide bonds. The van der Waals surface area contributed by atoms with Crippen molar-refractivity contribution in [3.05, 3.63) is 69.5 Å². The zero-order valence-corrected chi connectivity index (χ0v) is 19.8. The maximum atomic E-state index is 13.3. The number of anilines is 1. The number of ether oxygens (including phenoxy) is 2. The Labute approximate surface area is 201 Å². The highest BCUT2D eigenvalue weighted by Gasteiger charge is 2.34. The molecule has 10 heteroatoms. The molecule has 4 rings (SSSR count). The molecule has 8 nitrogen and oxygen atoms in total. The number of aromatic nitrogens is 2. The minimum atomic E-state index is -0.357. The lowest BCUT2D eigenvalue weighted by Crippen LogP contribution is -2.41. The van der Waals surface area contributed by atoms with E-state index >= 15 is 0 Å². The molecular formula is C23H22Cl2N4O4. The molecule has 1 atom stereocenters. The van der Waals surface area contributed by atoms with Gasteiger partial charge in [0.2, 0.25) is 0 Å². The molecule has 0 radical (unpaired) electrons. The number of amides is 2. The molecule has 2 heterocycles. The molecule has 0 fully saturated rings. The van der Waals surface area contributed by atoms with E-state index in [1.165, 1.54) is 20.3 Å². The Morgan fingerprint density at radius 1 is 1.09 bits per heavy atom. The highest BCUT2D eigenvalue weighted by molar-refractivity contribution is 6.35. The Hall–Kier alpha value is -3.23. The first-order chi connectivity index (χ1) is 15.8. The van der Waals surface area contributed by atoms with Gasteiger partial charge in [0.25, 0.3) is 11.8 Å². The maximum absolute atomic E-state index is 13.3. The van der Waals surface area contributed by atoms with E-state index in [0.717, 1.165) is 5.69 Å². The molecule has 3 aromatic rings. The second kappa shape index (κ2) is 9.33. The van der Waals surface area contributed by atoms with E-state index in [0.29, 0.717) is 45.8 Å². The van der Waals surface area contributed by atoms with Gasteiger partial charge in [-0.3, -0.25) is 14.3 Å². The first kappa shape index (κ1) is 22.9. The lowest BCUT2D eigenvalue weighted by molar-refractivity contribution is 0.0931. The molecule has 0 spiro atoms. The predicted molar refractivity (Wildman–Crippen MR) is 126 cm³/mol. The maximum Gasteiger partial charge on any atom is 0.258 e. The minimum absolute atomic E-state index is 0.201. The van der Waals surface area contributed by atoms with E-state index < -0.39 is 0 Å². The van der Waals surface area contributed by atoms with E-state index in [9.17, 15) is 9.59 Å². The van der Waals surface area contributed by atoms with Crippen LogP contribution in [0.3, 0.4) is 0 Å². The van der Waals surface area contributed by atoms with Gasteiger partial charge in [0, 0.05) is 24.2 Å². The van der Waals surface area contributed by atoms with Gasteiger partial charge in [-0.25, -0.2) is 0 Å². The van der Waals surface area contributed by atoms with E-state index in [1.54, 1.807) is 53.2 Å². The number of carbonyl (C=O) groups excluding carboxylic acids is 2. The van der Waals surface area contributed by atoms with Crippen molar-refractivity contribution in [2.45, 2.75) is 12.5 Å². The molecule has 0 saturated heterocycles. The number of carbonyl (C=O) groups is 2. The Kier molecular flexibility index (Phi) is 6.49. The van der Waals surface area contributed by atoms with E-state index in [4.69, 9.17) is 32.7 Å². The molecule has 1 aliphatic rings. The molecule has 33 heavy (non-hydrogen) atoms. The zero-order valence-electron chi connectivity index (χ0n) is 18.3. The second-order valence-electron chi connectivity index (χ2n) is 7.50. The number of halogens is 2.